The molecule has 4 nitrogen and oxygen atoms in total. The number of hydrogen-bond acceptors (Lipinski definition) is 4. The topological polar surface area (TPSA) is 74.6 Å². The second-order valence-electron chi connectivity index (χ2n) is 5.30. The highest BCUT2D eigenvalue weighted by atomic mass is 32.2. The second kappa shape index (κ2) is 5.07. The van der Waals surface area contributed by atoms with Gasteiger partial charge in [-0.25, -0.2) is 8.42 Å². The lowest BCUT2D eigenvalue weighted by Gasteiger charge is -2.14. The lowest BCUT2D eigenvalue weighted by atomic mass is 10.1. The summed E-state index contributed by atoms with van der Waals surface area (Å²) in [7, 11) is -3.81. The van der Waals surface area contributed by atoms with Gasteiger partial charge < -0.3 is 10.2 Å². The van der Waals surface area contributed by atoms with Crippen LogP contribution in [0.3, 0.4) is 0 Å². The predicted molar refractivity (Wildman–Crippen MR) is 80.6 cm³/mol. The van der Waals surface area contributed by atoms with Crippen molar-refractivity contribution in [3.05, 3.63) is 46.5 Å². The Kier molecular flexibility index (Phi) is 3.72. The van der Waals surface area contributed by atoms with Crippen LogP contribution in [0, 0.1) is 27.7 Å². The Bertz CT molecular complexity index is 757. The zero-order valence-electron chi connectivity index (χ0n) is 12.4. The molecule has 0 unspecified atom stereocenters. The standard InChI is InChI=1S/C16H18O4S/c1-9-5-14(18)12(4)15(6-9)21(19,20)16-8-13(17)7-10(2)11(16)3/h5-8,17-18H,1-4H3. The SMILES string of the molecule is Cc1cc(O)c(C)c(S(=O)(=O)c2cc(O)cc(C)c2C)c1. The van der Waals surface area contributed by atoms with Gasteiger partial charge in [-0.15, -0.1) is 0 Å². The van der Waals surface area contributed by atoms with Gasteiger partial charge in [0.1, 0.15) is 11.5 Å². The van der Waals surface area contributed by atoms with Crippen LogP contribution in [0.1, 0.15) is 22.3 Å². The van der Waals surface area contributed by atoms with Crippen molar-refractivity contribution in [2.75, 3.05) is 0 Å². The molecule has 0 aromatic heterocycles. The summed E-state index contributed by atoms with van der Waals surface area (Å²) in [5.41, 5.74) is 2.25. The van der Waals surface area contributed by atoms with Crippen molar-refractivity contribution in [2.24, 2.45) is 0 Å². The molecule has 2 aromatic rings. The highest BCUT2D eigenvalue weighted by Crippen LogP contribution is 2.34. The molecule has 0 bridgehead atoms. The Morgan fingerprint density at radius 2 is 1.38 bits per heavy atom. The Labute approximate surface area is 124 Å². The summed E-state index contributed by atoms with van der Waals surface area (Å²) in [4.78, 5) is 0.126. The second-order valence-corrected chi connectivity index (χ2v) is 7.18. The van der Waals surface area contributed by atoms with Crippen molar-refractivity contribution in [3.63, 3.8) is 0 Å². The fourth-order valence-corrected chi connectivity index (χ4v) is 4.22. The van der Waals surface area contributed by atoms with Gasteiger partial charge in [-0.2, -0.15) is 0 Å². The molecule has 0 heterocycles. The summed E-state index contributed by atoms with van der Waals surface area (Å²) < 4.78 is 25.7. The molecule has 0 aliphatic heterocycles. The van der Waals surface area contributed by atoms with Crippen molar-refractivity contribution in [1.29, 1.82) is 0 Å². The fourth-order valence-electron chi connectivity index (χ4n) is 2.29. The molecule has 0 aliphatic carbocycles. The third-order valence-corrected chi connectivity index (χ3v) is 5.67. The van der Waals surface area contributed by atoms with Gasteiger partial charge >= 0.3 is 0 Å². The summed E-state index contributed by atoms with van der Waals surface area (Å²) >= 11 is 0. The maximum Gasteiger partial charge on any atom is 0.207 e. The summed E-state index contributed by atoms with van der Waals surface area (Å²) in [5.74, 6) is -0.144. The first-order valence-corrected chi connectivity index (χ1v) is 7.98. The molecule has 0 spiro atoms. The van der Waals surface area contributed by atoms with Crippen molar-refractivity contribution < 1.29 is 18.6 Å². The van der Waals surface area contributed by atoms with E-state index in [4.69, 9.17) is 0 Å². The molecule has 112 valence electrons. The van der Waals surface area contributed by atoms with Crippen LogP contribution in [0.15, 0.2) is 34.1 Å². The molecule has 21 heavy (non-hydrogen) atoms. The van der Waals surface area contributed by atoms with Gasteiger partial charge in [0, 0.05) is 5.56 Å². The predicted octanol–water partition coefficient (Wildman–Crippen LogP) is 3.16. The van der Waals surface area contributed by atoms with E-state index in [-0.39, 0.29) is 21.3 Å². The van der Waals surface area contributed by atoms with Gasteiger partial charge in [0.2, 0.25) is 9.84 Å². The van der Waals surface area contributed by atoms with E-state index in [0.29, 0.717) is 22.3 Å². The van der Waals surface area contributed by atoms with Crippen molar-refractivity contribution in [1.82, 2.24) is 0 Å². The number of benzene rings is 2. The molecule has 0 fully saturated rings. The number of aryl methyl sites for hydroxylation is 2. The maximum absolute atomic E-state index is 12.9. The first-order valence-electron chi connectivity index (χ1n) is 6.50. The Balaban J connectivity index is 2.81. The van der Waals surface area contributed by atoms with E-state index < -0.39 is 9.84 Å². The number of phenols is 2. The smallest absolute Gasteiger partial charge is 0.207 e. The molecule has 0 saturated carbocycles. The third kappa shape index (κ3) is 2.61. The summed E-state index contributed by atoms with van der Waals surface area (Å²) in [6.45, 7) is 6.73. The number of rotatable bonds is 2. The Hall–Kier alpha value is -2.01. The van der Waals surface area contributed by atoms with E-state index in [1.807, 2.05) is 0 Å². The van der Waals surface area contributed by atoms with Crippen LogP contribution in [0.25, 0.3) is 0 Å². The van der Waals surface area contributed by atoms with Gasteiger partial charge in [-0.05, 0) is 68.7 Å². The first-order chi connectivity index (χ1) is 9.64. The zero-order chi connectivity index (χ0) is 15.9. The zero-order valence-corrected chi connectivity index (χ0v) is 13.2. The highest BCUT2D eigenvalue weighted by molar-refractivity contribution is 7.91. The molecular weight excluding hydrogens is 288 g/mol. The molecule has 2 rings (SSSR count). The van der Waals surface area contributed by atoms with Crippen molar-refractivity contribution in [2.45, 2.75) is 37.5 Å². The van der Waals surface area contributed by atoms with Crippen LogP contribution in [0.5, 0.6) is 11.5 Å². The Morgan fingerprint density at radius 1 is 0.810 bits per heavy atom. The van der Waals surface area contributed by atoms with Gasteiger partial charge in [-0.3, -0.25) is 0 Å². The van der Waals surface area contributed by atoms with E-state index in [1.165, 1.54) is 24.3 Å². The number of phenolic OH excluding ortho intramolecular Hbond substituents is 2. The van der Waals surface area contributed by atoms with Crippen molar-refractivity contribution in [3.8, 4) is 11.5 Å². The van der Waals surface area contributed by atoms with Gasteiger partial charge in [-0.1, -0.05) is 0 Å². The molecule has 5 heteroatoms. The van der Waals surface area contributed by atoms with E-state index >= 15 is 0 Å². The van der Waals surface area contributed by atoms with Crippen LogP contribution in [-0.2, 0) is 9.84 Å². The summed E-state index contributed by atoms with van der Waals surface area (Å²) in [6, 6.07) is 5.82. The fraction of sp³-hybridized carbons (Fsp3) is 0.250. The number of hydrogen-bond donors (Lipinski definition) is 2. The molecular formula is C16H18O4S. The van der Waals surface area contributed by atoms with Crippen LogP contribution in [0.2, 0.25) is 0 Å². The van der Waals surface area contributed by atoms with Crippen LogP contribution in [0.4, 0.5) is 0 Å². The quantitative estimate of drug-likeness (QED) is 0.893. The van der Waals surface area contributed by atoms with E-state index in [9.17, 15) is 18.6 Å². The molecule has 2 aromatic carbocycles. The molecule has 0 saturated heterocycles. The third-order valence-electron chi connectivity index (χ3n) is 3.66. The van der Waals surface area contributed by atoms with Gasteiger partial charge in [0.25, 0.3) is 0 Å². The molecule has 0 radical (unpaired) electrons. The molecule has 0 amide bonds. The van der Waals surface area contributed by atoms with E-state index in [2.05, 4.69) is 0 Å². The number of sulfone groups is 1. The minimum atomic E-state index is -3.81. The lowest BCUT2D eigenvalue weighted by molar-refractivity contribution is 0.467. The maximum atomic E-state index is 12.9. The van der Waals surface area contributed by atoms with Gasteiger partial charge in [0.15, 0.2) is 0 Å². The van der Waals surface area contributed by atoms with Crippen LogP contribution < -0.4 is 0 Å². The summed E-state index contributed by atoms with van der Waals surface area (Å²) in [6.07, 6.45) is 0. The first kappa shape index (κ1) is 15.4. The van der Waals surface area contributed by atoms with E-state index in [1.54, 1.807) is 27.7 Å². The van der Waals surface area contributed by atoms with E-state index in [0.717, 1.165) is 0 Å². The average molecular weight is 306 g/mol. The molecule has 2 N–H and O–H groups in total. The largest absolute Gasteiger partial charge is 0.508 e. The summed E-state index contributed by atoms with van der Waals surface area (Å²) in [5, 5.41) is 19.5. The lowest BCUT2D eigenvalue weighted by Crippen LogP contribution is -2.07. The van der Waals surface area contributed by atoms with Crippen LogP contribution in [-0.4, -0.2) is 18.6 Å². The monoisotopic (exact) mass is 306 g/mol. The van der Waals surface area contributed by atoms with Gasteiger partial charge in [0.05, 0.1) is 9.79 Å². The minimum Gasteiger partial charge on any atom is -0.508 e. The Morgan fingerprint density at radius 3 is 2.00 bits per heavy atom. The minimum absolute atomic E-state index is 0.0527. The van der Waals surface area contributed by atoms with Crippen LogP contribution >= 0.6 is 0 Å². The molecule has 0 atom stereocenters. The average Bonchev–Trinajstić information content (AvgIpc) is 2.37. The normalized spacial score (nSPS) is 11.6. The molecule has 0 aliphatic rings. The van der Waals surface area contributed by atoms with Crippen molar-refractivity contribution >= 4 is 9.84 Å². The highest BCUT2D eigenvalue weighted by Gasteiger charge is 2.25. The number of aromatic hydroxyl groups is 2.